The van der Waals surface area contributed by atoms with Crippen LogP contribution in [-0.2, 0) is 37.6 Å². The molecule has 3 aliphatic heterocycles. The van der Waals surface area contributed by atoms with Gasteiger partial charge in [0.05, 0.1) is 31.6 Å². The third-order valence-electron chi connectivity index (χ3n) is 7.38. The standard InChI is InChI=1S/C27H36N4O5S.C5H11NO2/c1-17-19-8-7-18(28-25(32)36-26(2,3)4)13-21(19)27(16-34-17)14-22-20(15-35-27)23(30-24(29-22)37-5)31-9-6-11-33-12-10-31;1-5(2,3)6-4(7)8/h7-8,13,17H,6,9-12,14-16H2,1-5H3,(H,28,32);6H,1-3H3,(H,7,8)/t17-,27+;/m0./s1. The highest BCUT2D eigenvalue weighted by atomic mass is 32.2. The molecule has 1 saturated heterocycles. The molecule has 1 aromatic carbocycles. The number of aromatic nitrogens is 2. The monoisotopic (exact) mass is 645 g/mol. The number of hydrogen-bond acceptors (Lipinski definition) is 10. The Morgan fingerprint density at radius 1 is 1.13 bits per heavy atom. The molecule has 12 nitrogen and oxygen atoms in total. The van der Waals surface area contributed by atoms with Gasteiger partial charge in [-0.2, -0.15) is 0 Å². The number of fused-ring (bicyclic) bond motifs is 3. The number of carbonyl (C=O) groups excluding carboxylic acids is 1. The molecule has 0 bridgehead atoms. The second kappa shape index (κ2) is 14.1. The molecule has 0 aliphatic carbocycles. The lowest BCUT2D eigenvalue weighted by Crippen LogP contribution is -2.45. The third kappa shape index (κ3) is 9.21. The fraction of sp³-hybridized carbons (Fsp3) is 0.625. The van der Waals surface area contributed by atoms with E-state index in [9.17, 15) is 9.59 Å². The van der Waals surface area contributed by atoms with Gasteiger partial charge in [-0.1, -0.05) is 17.8 Å². The average Bonchev–Trinajstić information content (AvgIpc) is 3.22. The van der Waals surface area contributed by atoms with Gasteiger partial charge in [-0.05, 0) is 84.4 Å². The predicted octanol–water partition coefficient (Wildman–Crippen LogP) is 5.88. The highest BCUT2D eigenvalue weighted by molar-refractivity contribution is 7.98. The molecule has 1 spiro atoms. The van der Waals surface area contributed by atoms with Crippen LogP contribution in [0.5, 0.6) is 0 Å². The number of ether oxygens (including phenoxy) is 4. The maximum absolute atomic E-state index is 12.5. The van der Waals surface area contributed by atoms with Crippen molar-refractivity contribution in [2.75, 3.05) is 49.4 Å². The Morgan fingerprint density at radius 2 is 1.89 bits per heavy atom. The van der Waals surface area contributed by atoms with E-state index in [1.165, 1.54) is 0 Å². The number of thioether (sulfide) groups is 1. The topological polar surface area (TPSA) is 144 Å². The highest BCUT2D eigenvalue weighted by Gasteiger charge is 2.45. The Hall–Kier alpha value is -3.13. The van der Waals surface area contributed by atoms with Gasteiger partial charge >= 0.3 is 12.2 Å². The highest BCUT2D eigenvalue weighted by Crippen LogP contribution is 2.46. The zero-order valence-electron chi connectivity index (χ0n) is 27.6. The number of anilines is 2. The lowest BCUT2D eigenvalue weighted by molar-refractivity contribution is -0.148. The quantitative estimate of drug-likeness (QED) is 0.272. The number of nitrogens with one attached hydrogen (secondary N) is 2. The molecule has 2 atom stereocenters. The molecule has 2 amide bonds. The van der Waals surface area contributed by atoms with Gasteiger partial charge in [0.25, 0.3) is 0 Å². The summed E-state index contributed by atoms with van der Waals surface area (Å²) in [7, 11) is 0. The molecule has 0 unspecified atom stereocenters. The molecule has 13 heteroatoms. The van der Waals surface area contributed by atoms with Gasteiger partial charge in [0, 0.05) is 42.9 Å². The van der Waals surface area contributed by atoms with E-state index >= 15 is 0 Å². The van der Waals surface area contributed by atoms with Gasteiger partial charge in [-0.15, -0.1) is 0 Å². The largest absolute Gasteiger partial charge is 0.465 e. The first kappa shape index (κ1) is 34.7. The van der Waals surface area contributed by atoms with Gasteiger partial charge in [0.1, 0.15) is 17.0 Å². The smallest absolute Gasteiger partial charge is 0.412 e. The molecule has 2 aromatic rings. The second-order valence-electron chi connectivity index (χ2n) is 13.4. The van der Waals surface area contributed by atoms with Crippen molar-refractivity contribution in [3.63, 3.8) is 0 Å². The third-order valence-corrected chi connectivity index (χ3v) is 7.92. The van der Waals surface area contributed by atoms with Gasteiger partial charge in [-0.3, -0.25) is 5.32 Å². The van der Waals surface area contributed by atoms with E-state index in [-0.39, 0.29) is 11.6 Å². The normalized spacial score (nSPS) is 21.4. The molecular formula is C32H47N5O7S. The molecular weight excluding hydrogens is 598 g/mol. The molecule has 3 aliphatic rings. The van der Waals surface area contributed by atoms with Crippen molar-refractivity contribution in [3.05, 3.63) is 40.6 Å². The Bertz CT molecular complexity index is 1370. The van der Waals surface area contributed by atoms with Gasteiger partial charge in [0.15, 0.2) is 5.16 Å². The van der Waals surface area contributed by atoms with Crippen molar-refractivity contribution < 1.29 is 33.6 Å². The number of amides is 2. The molecule has 1 fully saturated rings. The Balaban J connectivity index is 0.000000510. The second-order valence-corrected chi connectivity index (χ2v) is 14.2. The van der Waals surface area contributed by atoms with Crippen molar-refractivity contribution in [1.29, 1.82) is 0 Å². The van der Waals surface area contributed by atoms with Crippen LogP contribution in [0.1, 0.15) is 83.4 Å². The van der Waals surface area contributed by atoms with Crippen molar-refractivity contribution in [2.45, 2.75) is 95.9 Å². The van der Waals surface area contributed by atoms with Gasteiger partial charge < -0.3 is 34.3 Å². The summed E-state index contributed by atoms with van der Waals surface area (Å²) >= 11 is 1.55. The summed E-state index contributed by atoms with van der Waals surface area (Å²) in [6.07, 6.45) is 1.98. The van der Waals surface area contributed by atoms with Gasteiger partial charge in [0.2, 0.25) is 0 Å². The van der Waals surface area contributed by atoms with Crippen LogP contribution in [0, 0.1) is 0 Å². The van der Waals surface area contributed by atoms with Crippen molar-refractivity contribution >= 4 is 35.5 Å². The minimum absolute atomic E-state index is 0.0824. The molecule has 0 saturated carbocycles. The van der Waals surface area contributed by atoms with E-state index in [2.05, 4.69) is 15.5 Å². The minimum atomic E-state index is -0.975. The van der Waals surface area contributed by atoms with Crippen LogP contribution < -0.4 is 15.5 Å². The zero-order chi connectivity index (χ0) is 33.0. The number of carboxylic acid groups (broad SMARTS) is 1. The predicted molar refractivity (Wildman–Crippen MR) is 173 cm³/mol. The first-order chi connectivity index (χ1) is 21.1. The first-order valence-electron chi connectivity index (χ1n) is 15.3. The molecule has 4 heterocycles. The first-order valence-corrected chi connectivity index (χ1v) is 16.5. The summed E-state index contributed by atoms with van der Waals surface area (Å²) in [6, 6.07) is 5.88. The summed E-state index contributed by atoms with van der Waals surface area (Å²) in [6.45, 7) is 16.9. The van der Waals surface area contributed by atoms with Crippen LogP contribution in [-0.4, -0.2) is 77.6 Å². The minimum Gasteiger partial charge on any atom is -0.465 e. The van der Waals surface area contributed by atoms with Crippen LogP contribution >= 0.6 is 11.8 Å². The average molecular weight is 646 g/mol. The van der Waals surface area contributed by atoms with Crippen molar-refractivity contribution in [1.82, 2.24) is 15.3 Å². The molecule has 0 radical (unpaired) electrons. The van der Waals surface area contributed by atoms with E-state index in [0.29, 0.717) is 31.9 Å². The number of hydrogen-bond donors (Lipinski definition) is 3. The summed E-state index contributed by atoms with van der Waals surface area (Å²) in [5.41, 5.74) is 3.13. The van der Waals surface area contributed by atoms with E-state index in [4.69, 9.17) is 34.0 Å². The summed E-state index contributed by atoms with van der Waals surface area (Å²) in [5.74, 6) is 0.945. The molecule has 3 N–H and O–H groups in total. The van der Waals surface area contributed by atoms with Crippen LogP contribution in [0.15, 0.2) is 23.4 Å². The Labute approximate surface area is 269 Å². The van der Waals surface area contributed by atoms with E-state index in [0.717, 1.165) is 59.5 Å². The number of carbonyl (C=O) groups is 2. The summed E-state index contributed by atoms with van der Waals surface area (Å²) < 4.78 is 24.0. The molecule has 1 aromatic heterocycles. The molecule has 248 valence electrons. The molecule has 5 rings (SSSR count). The fourth-order valence-electron chi connectivity index (χ4n) is 5.45. The van der Waals surface area contributed by atoms with E-state index in [1.807, 2.05) is 52.1 Å². The summed E-state index contributed by atoms with van der Waals surface area (Å²) in [4.78, 5) is 34.5. The maximum atomic E-state index is 12.5. The summed E-state index contributed by atoms with van der Waals surface area (Å²) in [5, 5.41) is 14.1. The van der Waals surface area contributed by atoms with Crippen LogP contribution in [0.4, 0.5) is 21.1 Å². The van der Waals surface area contributed by atoms with Crippen molar-refractivity contribution in [3.8, 4) is 0 Å². The lowest BCUT2D eigenvalue weighted by atomic mass is 9.80. The number of rotatable bonds is 3. The van der Waals surface area contributed by atoms with Crippen molar-refractivity contribution in [2.24, 2.45) is 0 Å². The Kier molecular flexibility index (Phi) is 10.9. The van der Waals surface area contributed by atoms with E-state index < -0.39 is 23.4 Å². The van der Waals surface area contributed by atoms with Crippen LogP contribution in [0.3, 0.4) is 0 Å². The zero-order valence-corrected chi connectivity index (χ0v) is 28.4. The lowest BCUT2D eigenvalue weighted by Gasteiger charge is -2.44. The number of benzene rings is 1. The Morgan fingerprint density at radius 3 is 2.53 bits per heavy atom. The van der Waals surface area contributed by atoms with E-state index in [1.54, 1.807) is 32.5 Å². The van der Waals surface area contributed by atoms with Crippen LogP contribution in [0.25, 0.3) is 0 Å². The SMILES string of the molecule is CC(C)(C)NC(=O)O.CSc1nc2c(c(N3CCCOCC3)n1)CO[C@@]1(CO[C@@H](C)c3ccc(NC(=O)OC(C)(C)C)cc31)C2. The molecule has 45 heavy (non-hydrogen) atoms. The number of nitrogens with zero attached hydrogens (tertiary/aromatic N) is 3. The van der Waals surface area contributed by atoms with Gasteiger partial charge in [-0.25, -0.2) is 19.6 Å². The fourth-order valence-corrected chi connectivity index (χ4v) is 5.83. The maximum Gasteiger partial charge on any atom is 0.412 e. The van der Waals surface area contributed by atoms with Crippen LogP contribution in [0.2, 0.25) is 0 Å².